The Hall–Kier alpha value is -1.38. The Labute approximate surface area is 148 Å². The first-order chi connectivity index (χ1) is 11.3. The molecule has 0 radical (unpaired) electrons. The average Bonchev–Trinajstić information content (AvgIpc) is 2.46. The fourth-order valence-corrected chi connectivity index (χ4v) is 3.22. The van der Waals surface area contributed by atoms with Gasteiger partial charge in [-0.1, -0.05) is 41.5 Å². The van der Waals surface area contributed by atoms with Crippen LogP contribution in [0.3, 0.4) is 0 Å². The van der Waals surface area contributed by atoms with Gasteiger partial charge in [0.15, 0.2) is 0 Å². The fraction of sp³-hybridized carbons (Fsp3) is 0.714. The summed E-state index contributed by atoms with van der Waals surface area (Å²) in [5.74, 6) is 3.83. The minimum atomic E-state index is 0.318. The summed E-state index contributed by atoms with van der Waals surface area (Å²) in [5, 5.41) is 0. The molecule has 0 spiro atoms. The smallest absolute Gasteiger partial charge is 0.133 e. The summed E-state index contributed by atoms with van der Waals surface area (Å²) < 4.78 is 18.4. The third-order valence-corrected chi connectivity index (χ3v) is 4.07. The molecule has 0 fully saturated rings. The molecular weight excluding hydrogens is 300 g/mol. The van der Waals surface area contributed by atoms with Crippen molar-refractivity contribution in [2.75, 3.05) is 19.8 Å². The van der Waals surface area contributed by atoms with Crippen molar-refractivity contribution in [1.82, 2.24) is 0 Å². The van der Waals surface area contributed by atoms with Gasteiger partial charge >= 0.3 is 0 Å². The molecule has 3 heteroatoms. The molecular formula is C21H36O3. The Morgan fingerprint density at radius 2 is 0.708 bits per heavy atom. The van der Waals surface area contributed by atoms with E-state index in [1.165, 1.54) is 16.7 Å². The van der Waals surface area contributed by atoms with Crippen LogP contribution in [0.5, 0.6) is 17.2 Å². The van der Waals surface area contributed by atoms with Crippen LogP contribution in [0.2, 0.25) is 0 Å². The number of hydrogen-bond acceptors (Lipinski definition) is 3. The largest absolute Gasteiger partial charge is 0.493 e. The molecule has 0 atom stereocenters. The van der Waals surface area contributed by atoms with Crippen LogP contribution in [-0.4, -0.2) is 19.8 Å². The normalized spacial score (nSPS) is 11.5. The molecule has 0 N–H and O–H groups in total. The van der Waals surface area contributed by atoms with E-state index in [4.69, 9.17) is 14.2 Å². The van der Waals surface area contributed by atoms with Gasteiger partial charge in [-0.2, -0.15) is 0 Å². The summed E-state index contributed by atoms with van der Waals surface area (Å²) in [6.45, 7) is 21.2. The quantitative estimate of drug-likeness (QED) is 0.533. The molecule has 0 aliphatic heterocycles. The van der Waals surface area contributed by atoms with E-state index in [0.29, 0.717) is 37.6 Å². The lowest BCUT2D eigenvalue weighted by Crippen LogP contribution is -2.13. The van der Waals surface area contributed by atoms with Gasteiger partial charge in [-0.15, -0.1) is 0 Å². The molecule has 1 aromatic rings. The molecule has 0 unspecified atom stereocenters. The second kappa shape index (κ2) is 9.19. The zero-order valence-electron chi connectivity index (χ0n) is 17.1. The topological polar surface area (TPSA) is 27.7 Å². The van der Waals surface area contributed by atoms with Gasteiger partial charge in [-0.3, -0.25) is 0 Å². The maximum atomic E-state index is 6.14. The fourth-order valence-electron chi connectivity index (χ4n) is 3.22. The molecule has 1 aromatic carbocycles. The maximum absolute atomic E-state index is 6.14. The van der Waals surface area contributed by atoms with Crippen LogP contribution in [0.15, 0.2) is 0 Å². The SMILES string of the molecule is CCOc1c(C(C)C)c(OCC)c(C(C)C)c(OCC)c1C(C)C. The second-order valence-electron chi connectivity index (χ2n) is 6.99. The minimum Gasteiger partial charge on any atom is -0.493 e. The number of rotatable bonds is 9. The zero-order chi connectivity index (χ0) is 18.4. The lowest BCUT2D eigenvalue weighted by Gasteiger charge is -2.29. The van der Waals surface area contributed by atoms with E-state index in [2.05, 4.69) is 41.5 Å². The highest BCUT2D eigenvalue weighted by molar-refractivity contribution is 5.65. The van der Waals surface area contributed by atoms with Crippen LogP contribution < -0.4 is 14.2 Å². The Morgan fingerprint density at radius 3 is 0.833 bits per heavy atom. The van der Waals surface area contributed by atoms with Gasteiger partial charge in [0.25, 0.3) is 0 Å². The molecule has 0 heterocycles. The van der Waals surface area contributed by atoms with Crippen LogP contribution in [-0.2, 0) is 0 Å². The van der Waals surface area contributed by atoms with Crippen LogP contribution >= 0.6 is 0 Å². The molecule has 1 rings (SSSR count). The van der Waals surface area contributed by atoms with Crippen molar-refractivity contribution in [3.8, 4) is 17.2 Å². The standard InChI is InChI=1S/C21H36O3/c1-10-22-19-16(13(4)5)20(23-11-2)18(15(8)9)21(24-12-3)17(19)14(6)7/h13-15H,10-12H2,1-9H3. The predicted octanol–water partition coefficient (Wildman–Crippen LogP) is 6.25. The van der Waals surface area contributed by atoms with Crippen LogP contribution in [0, 0.1) is 0 Å². The van der Waals surface area contributed by atoms with Crippen LogP contribution in [0.25, 0.3) is 0 Å². The van der Waals surface area contributed by atoms with Crippen molar-refractivity contribution < 1.29 is 14.2 Å². The van der Waals surface area contributed by atoms with E-state index >= 15 is 0 Å². The summed E-state index contributed by atoms with van der Waals surface area (Å²) in [4.78, 5) is 0. The van der Waals surface area contributed by atoms with Crippen LogP contribution in [0.1, 0.15) is 96.8 Å². The highest BCUT2D eigenvalue weighted by atomic mass is 16.5. The summed E-state index contributed by atoms with van der Waals surface area (Å²) in [6, 6.07) is 0. The molecule has 0 saturated heterocycles. The second-order valence-corrected chi connectivity index (χ2v) is 6.99. The number of benzene rings is 1. The maximum Gasteiger partial charge on any atom is 0.133 e. The van der Waals surface area contributed by atoms with Gasteiger partial charge in [0.2, 0.25) is 0 Å². The van der Waals surface area contributed by atoms with Crippen LogP contribution in [0.4, 0.5) is 0 Å². The van der Waals surface area contributed by atoms with E-state index in [1.807, 2.05) is 20.8 Å². The Kier molecular flexibility index (Phi) is 7.92. The van der Waals surface area contributed by atoms with E-state index in [0.717, 1.165) is 17.2 Å². The Bertz CT molecular complexity index is 433. The van der Waals surface area contributed by atoms with Gasteiger partial charge < -0.3 is 14.2 Å². The Morgan fingerprint density at radius 1 is 0.500 bits per heavy atom. The molecule has 3 nitrogen and oxygen atoms in total. The molecule has 0 saturated carbocycles. The summed E-state index contributed by atoms with van der Waals surface area (Å²) in [5.41, 5.74) is 3.53. The van der Waals surface area contributed by atoms with E-state index in [9.17, 15) is 0 Å². The van der Waals surface area contributed by atoms with E-state index in [1.54, 1.807) is 0 Å². The lowest BCUT2D eigenvalue weighted by molar-refractivity contribution is 0.288. The molecule has 0 bridgehead atoms. The molecule has 0 aromatic heterocycles. The monoisotopic (exact) mass is 336 g/mol. The Balaban J connectivity index is 3.98. The number of ether oxygens (including phenoxy) is 3. The molecule has 0 aliphatic carbocycles. The third-order valence-electron chi connectivity index (χ3n) is 4.07. The van der Waals surface area contributed by atoms with Crippen molar-refractivity contribution in [2.45, 2.75) is 80.1 Å². The van der Waals surface area contributed by atoms with Crippen molar-refractivity contribution in [2.24, 2.45) is 0 Å². The van der Waals surface area contributed by atoms with Crippen molar-refractivity contribution >= 4 is 0 Å². The van der Waals surface area contributed by atoms with Crippen molar-refractivity contribution in [3.63, 3.8) is 0 Å². The lowest BCUT2D eigenvalue weighted by atomic mass is 9.85. The summed E-state index contributed by atoms with van der Waals surface area (Å²) >= 11 is 0. The zero-order valence-corrected chi connectivity index (χ0v) is 17.1. The van der Waals surface area contributed by atoms with E-state index in [-0.39, 0.29) is 0 Å². The molecule has 0 aliphatic rings. The first kappa shape index (κ1) is 20.7. The van der Waals surface area contributed by atoms with Crippen molar-refractivity contribution in [3.05, 3.63) is 16.7 Å². The van der Waals surface area contributed by atoms with Gasteiger partial charge in [0.05, 0.1) is 19.8 Å². The summed E-state index contributed by atoms with van der Waals surface area (Å²) in [7, 11) is 0. The molecule has 138 valence electrons. The molecule has 0 amide bonds. The first-order valence-electron chi connectivity index (χ1n) is 9.43. The van der Waals surface area contributed by atoms with Crippen molar-refractivity contribution in [1.29, 1.82) is 0 Å². The number of hydrogen-bond donors (Lipinski definition) is 0. The highest BCUT2D eigenvalue weighted by Gasteiger charge is 2.30. The van der Waals surface area contributed by atoms with E-state index < -0.39 is 0 Å². The van der Waals surface area contributed by atoms with Gasteiger partial charge in [0, 0.05) is 16.7 Å². The minimum absolute atomic E-state index is 0.318. The predicted molar refractivity (Wildman–Crippen MR) is 102 cm³/mol. The first-order valence-corrected chi connectivity index (χ1v) is 9.43. The average molecular weight is 337 g/mol. The third kappa shape index (κ3) is 4.17. The van der Waals surface area contributed by atoms with Gasteiger partial charge in [-0.25, -0.2) is 0 Å². The van der Waals surface area contributed by atoms with Gasteiger partial charge in [-0.05, 0) is 38.5 Å². The highest BCUT2D eigenvalue weighted by Crippen LogP contribution is 2.51. The molecule has 24 heavy (non-hydrogen) atoms. The van der Waals surface area contributed by atoms with Gasteiger partial charge in [0.1, 0.15) is 17.2 Å². The summed E-state index contributed by atoms with van der Waals surface area (Å²) in [6.07, 6.45) is 0.